The summed E-state index contributed by atoms with van der Waals surface area (Å²) in [4.78, 5) is 12.8. The van der Waals surface area contributed by atoms with Crippen LogP contribution in [0.25, 0.3) is 5.69 Å². The van der Waals surface area contributed by atoms with E-state index in [0.717, 1.165) is 43.3 Å². The van der Waals surface area contributed by atoms with Crippen molar-refractivity contribution < 1.29 is 8.78 Å². The number of hydrogen-bond acceptors (Lipinski definition) is 3. The van der Waals surface area contributed by atoms with Gasteiger partial charge in [-0.3, -0.25) is 0 Å². The highest BCUT2D eigenvalue weighted by atomic mass is 127. The Labute approximate surface area is 197 Å². The predicted octanol–water partition coefficient (Wildman–Crippen LogP) is 3.71. The minimum atomic E-state index is -0.324. The lowest BCUT2D eigenvalue weighted by atomic mass is 10.2. The van der Waals surface area contributed by atoms with E-state index in [1.807, 2.05) is 17.9 Å². The van der Waals surface area contributed by atoms with Crippen LogP contribution in [0.2, 0.25) is 0 Å². The summed E-state index contributed by atoms with van der Waals surface area (Å²) in [5.41, 5.74) is 8.38. The molecule has 0 atom stereocenters. The number of halogens is 3. The van der Waals surface area contributed by atoms with Crippen LogP contribution in [-0.4, -0.2) is 46.6 Å². The van der Waals surface area contributed by atoms with Crippen molar-refractivity contribution in [3.63, 3.8) is 0 Å². The summed E-state index contributed by atoms with van der Waals surface area (Å²) in [7, 11) is 0. The van der Waals surface area contributed by atoms with Gasteiger partial charge in [0.2, 0.25) is 0 Å². The first kappa shape index (κ1) is 23.0. The van der Waals surface area contributed by atoms with Crippen molar-refractivity contribution in [2.24, 2.45) is 10.7 Å². The third-order valence-corrected chi connectivity index (χ3v) is 5.32. The van der Waals surface area contributed by atoms with E-state index in [9.17, 15) is 8.78 Å². The number of nitrogens with two attached hydrogens (primary N) is 1. The molecule has 2 heterocycles. The third-order valence-electron chi connectivity index (χ3n) is 5.32. The molecule has 3 aromatic rings. The van der Waals surface area contributed by atoms with Crippen LogP contribution in [0.3, 0.4) is 0 Å². The van der Waals surface area contributed by atoms with Crippen molar-refractivity contribution >= 4 is 35.6 Å². The van der Waals surface area contributed by atoms with Gasteiger partial charge in [0, 0.05) is 44.3 Å². The normalized spacial score (nSPS) is 14.5. The van der Waals surface area contributed by atoms with Crippen molar-refractivity contribution in [2.45, 2.75) is 13.5 Å². The van der Waals surface area contributed by atoms with Gasteiger partial charge in [0.25, 0.3) is 0 Å². The quantitative estimate of drug-likeness (QED) is 0.313. The summed E-state index contributed by atoms with van der Waals surface area (Å²) in [5.74, 6) is 0.612. The minimum Gasteiger partial charge on any atom is -0.370 e. The summed E-state index contributed by atoms with van der Waals surface area (Å²) in [6, 6.07) is 11.6. The lowest BCUT2D eigenvalue weighted by molar-refractivity contribution is 0.380. The molecular formula is C22H25F2IN6. The number of anilines is 1. The van der Waals surface area contributed by atoms with E-state index < -0.39 is 0 Å². The van der Waals surface area contributed by atoms with Crippen molar-refractivity contribution in [3.05, 3.63) is 77.9 Å². The fourth-order valence-electron chi connectivity index (χ4n) is 3.59. The number of guanidine groups is 1. The molecule has 1 fully saturated rings. The molecule has 9 heteroatoms. The molecule has 164 valence electrons. The lowest BCUT2D eigenvalue weighted by Crippen LogP contribution is -2.51. The molecule has 0 bridgehead atoms. The van der Waals surface area contributed by atoms with Crippen LogP contribution in [0.1, 0.15) is 11.4 Å². The van der Waals surface area contributed by atoms with E-state index in [2.05, 4.69) is 14.9 Å². The maximum atomic E-state index is 14.5. The largest absolute Gasteiger partial charge is 0.370 e. The zero-order valence-electron chi connectivity index (χ0n) is 17.2. The van der Waals surface area contributed by atoms with Gasteiger partial charge in [-0.05, 0) is 48.9 Å². The number of aliphatic imine (C=N–C) groups is 1. The summed E-state index contributed by atoms with van der Waals surface area (Å²) < 4.78 is 29.3. The Bertz CT molecular complexity index is 1040. The van der Waals surface area contributed by atoms with Gasteiger partial charge in [-0.15, -0.1) is 24.0 Å². The van der Waals surface area contributed by atoms with Gasteiger partial charge in [-0.1, -0.05) is 6.07 Å². The zero-order valence-corrected chi connectivity index (χ0v) is 19.5. The molecule has 31 heavy (non-hydrogen) atoms. The summed E-state index contributed by atoms with van der Waals surface area (Å²) in [5, 5.41) is 0. The molecule has 6 nitrogen and oxygen atoms in total. The molecule has 4 rings (SSSR count). The molecule has 0 saturated carbocycles. The van der Waals surface area contributed by atoms with E-state index in [1.165, 1.54) is 18.2 Å². The second kappa shape index (κ2) is 10.1. The van der Waals surface area contributed by atoms with Gasteiger partial charge in [0.05, 0.1) is 12.2 Å². The van der Waals surface area contributed by atoms with Gasteiger partial charge >= 0.3 is 0 Å². The Morgan fingerprint density at radius 2 is 1.77 bits per heavy atom. The number of rotatable bonds is 4. The first-order valence-electron chi connectivity index (χ1n) is 9.85. The van der Waals surface area contributed by atoms with Gasteiger partial charge in [0.15, 0.2) is 5.96 Å². The van der Waals surface area contributed by atoms with Crippen LogP contribution < -0.4 is 10.6 Å². The molecule has 1 aliphatic heterocycles. The highest BCUT2D eigenvalue weighted by Crippen LogP contribution is 2.18. The molecule has 0 aliphatic carbocycles. The monoisotopic (exact) mass is 538 g/mol. The van der Waals surface area contributed by atoms with Gasteiger partial charge in [0.1, 0.15) is 17.5 Å². The van der Waals surface area contributed by atoms with E-state index >= 15 is 0 Å². The molecule has 0 amide bonds. The second-order valence-corrected chi connectivity index (χ2v) is 7.26. The summed E-state index contributed by atoms with van der Waals surface area (Å²) in [6.07, 6.45) is 3.37. The van der Waals surface area contributed by atoms with Crippen LogP contribution in [0.15, 0.2) is 59.9 Å². The smallest absolute Gasteiger partial charge is 0.191 e. The molecule has 2 aromatic carbocycles. The Morgan fingerprint density at radius 1 is 1.06 bits per heavy atom. The van der Waals surface area contributed by atoms with E-state index in [1.54, 1.807) is 35.2 Å². The molecule has 0 spiro atoms. The highest BCUT2D eigenvalue weighted by Gasteiger charge is 2.18. The van der Waals surface area contributed by atoms with Crippen molar-refractivity contribution in [1.29, 1.82) is 0 Å². The number of piperazine rings is 1. The molecule has 2 N–H and O–H groups in total. The van der Waals surface area contributed by atoms with Crippen LogP contribution in [-0.2, 0) is 6.54 Å². The Balaban J connectivity index is 0.00000272. The number of nitrogens with zero attached hydrogens (tertiary/aromatic N) is 5. The van der Waals surface area contributed by atoms with Crippen molar-refractivity contribution in [2.75, 3.05) is 31.1 Å². The standard InChI is InChI=1S/C22H24F2N6.HI/c1-16-26-8-9-30(16)21-7-2-17(14-20(21)24)15-27-22(25)29-12-10-28(11-13-29)19-5-3-18(23)4-6-19;/h2-9,14H,10-13,15H2,1H3,(H2,25,27);1H. The Hall–Kier alpha value is -2.69. The third kappa shape index (κ3) is 5.33. The maximum Gasteiger partial charge on any atom is 0.191 e. The number of imidazole rings is 1. The number of benzene rings is 2. The van der Waals surface area contributed by atoms with Gasteiger partial charge in [-0.25, -0.2) is 18.8 Å². The SMILES string of the molecule is Cc1nccn1-c1ccc(CN=C(N)N2CCN(c3ccc(F)cc3)CC2)cc1F.I. The fraction of sp³-hybridized carbons (Fsp3) is 0.273. The highest BCUT2D eigenvalue weighted by molar-refractivity contribution is 14.0. The molecule has 1 saturated heterocycles. The summed E-state index contributed by atoms with van der Waals surface area (Å²) in [6.45, 7) is 5.13. The van der Waals surface area contributed by atoms with Crippen LogP contribution in [0.5, 0.6) is 0 Å². The van der Waals surface area contributed by atoms with E-state index in [4.69, 9.17) is 5.73 Å². The average molecular weight is 538 g/mol. The van der Waals surface area contributed by atoms with E-state index in [-0.39, 0.29) is 35.6 Å². The molecular weight excluding hydrogens is 513 g/mol. The maximum absolute atomic E-state index is 14.5. The fourth-order valence-corrected chi connectivity index (χ4v) is 3.59. The first-order chi connectivity index (χ1) is 14.5. The van der Waals surface area contributed by atoms with Crippen LogP contribution in [0.4, 0.5) is 14.5 Å². The van der Waals surface area contributed by atoms with Crippen molar-refractivity contribution in [3.8, 4) is 5.69 Å². The lowest BCUT2D eigenvalue weighted by Gasteiger charge is -2.36. The summed E-state index contributed by atoms with van der Waals surface area (Å²) >= 11 is 0. The van der Waals surface area contributed by atoms with Crippen molar-refractivity contribution in [1.82, 2.24) is 14.5 Å². The van der Waals surface area contributed by atoms with Gasteiger partial charge < -0.3 is 20.1 Å². The predicted molar refractivity (Wildman–Crippen MR) is 129 cm³/mol. The number of aryl methyl sites for hydroxylation is 1. The topological polar surface area (TPSA) is 62.7 Å². The van der Waals surface area contributed by atoms with Gasteiger partial charge in [-0.2, -0.15) is 0 Å². The minimum absolute atomic E-state index is 0. The average Bonchev–Trinajstić information content (AvgIpc) is 3.18. The molecule has 1 aromatic heterocycles. The number of aromatic nitrogens is 2. The molecule has 1 aliphatic rings. The van der Waals surface area contributed by atoms with Crippen LogP contribution in [0, 0.1) is 18.6 Å². The number of hydrogen-bond donors (Lipinski definition) is 1. The first-order valence-corrected chi connectivity index (χ1v) is 9.85. The second-order valence-electron chi connectivity index (χ2n) is 7.26. The van der Waals surface area contributed by atoms with Crippen LogP contribution >= 0.6 is 24.0 Å². The molecule has 0 unspecified atom stereocenters. The Kier molecular flexibility index (Phi) is 7.47. The van der Waals surface area contributed by atoms with E-state index in [0.29, 0.717) is 18.2 Å². The Morgan fingerprint density at radius 3 is 2.39 bits per heavy atom. The zero-order chi connectivity index (χ0) is 21.1. The molecule has 0 radical (unpaired) electrons.